The van der Waals surface area contributed by atoms with Crippen molar-refractivity contribution in [2.45, 2.75) is 89.7 Å². The van der Waals surface area contributed by atoms with E-state index in [1.807, 2.05) is 0 Å². The van der Waals surface area contributed by atoms with Crippen molar-refractivity contribution >= 4 is 39.2 Å². The summed E-state index contributed by atoms with van der Waals surface area (Å²) in [6.07, 6.45) is -8.25. The fourth-order valence-electron chi connectivity index (χ4n) is 2.64. The zero-order valence-corrected chi connectivity index (χ0v) is 23.2. The summed E-state index contributed by atoms with van der Waals surface area (Å²) in [5.41, 5.74) is -3.99. The van der Waals surface area contributed by atoms with E-state index < -0.39 is 95.7 Å². The summed E-state index contributed by atoms with van der Waals surface area (Å²) in [5.74, 6) is -110. The Morgan fingerprint density at radius 1 is 0.304 bits per heavy atom. The first-order valence-corrected chi connectivity index (χ1v) is 14.9. The highest BCUT2D eigenvalue weighted by atomic mass is 35.8. The maximum Gasteiger partial charge on any atom is 0.460 e. The lowest BCUT2D eigenvalue weighted by Gasteiger charge is -2.46. The molecule has 0 heterocycles. The van der Waals surface area contributed by atoms with Crippen LogP contribution in [0.15, 0.2) is 0 Å². The van der Waals surface area contributed by atoms with Gasteiger partial charge in [-0.25, -0.2) is 0 Å². The van der Waals surface area contributed by atoms with Crippen molar-refractivity contribution in [3.63, 3.8) is 0 Å². The molecule has 0 aromatic heterocycles. The first-order chi connectivity index (χ1) is 19.2. The average Bonchev–Trinajstić information content (AvgIpc) is 2.80. The van der Waals surface area contributed by atoms with Gasteiger partial charge < -0.3 is 0 Å². The maximum absolute atomic E-state index is 13.9. The Labute approximate surface area is 248 Å². The van der Waals surface area contributed by atoms with Crippen LogP contribution < -0.4 is 0 Å². The van der Waals surface area contributed by atoms with Gasteiger partial charge in [0.1, 0.15) is 0 Å². The Kier molecular flexibility index (Phi) is 10.9. The summed E-state index contributed by atoms with van der Waals surface area (Å²) in [6, 6.07) is -5.65. The molecule has 0 aliphatic carbocycles. The van der Waals surface area contributed by atoms with E-state index in [1.165, 1.54) is 0 Å². The highest BCUT2D eigenvalue weighted by Crippen LogP contribution is 2.69. The van der Waals surface area contributed by atoms with Gasteiger partial charge in [-0.15, -0.1) is 33.2 Å². The third-order valence-electron chi connectivity index (χ3n) is 5.75. The summed E-state index contributed by atoms with van der Waals surface area (Å²) in [5, 5.41) is 0. The Hall–Kier alpha value is -0.803. The van der Waals surface area contributed by atoms with E-state index in [4.69, 9.17) is 33.2 Å². The first kappa shape index (κ1) is 45.2. The molecular formula is C15H4Cl3F27Si. The highest BCUT2D eigenvalue weighted by molar-refractivity contribution is 7.65. The van der Waals surface area contributed by atoms with Gasteiger partial charge in [0, 0.05) is 0 Å². The van der Waals surface area contributed by atoms with E-state index in [-0.39, 0.29) is 0 Å². The van der Waals surface area contributed by atoms with Gasteiger partial charge in [0.05, 0.1) is 5.54 Å². The molecule has 46 heavy (non-hydrogen) atoms. The summed E-state index contributed by atoms with van der Waals surface area (Å²) in [7, 11) is 0. The van der Waals surface area contributed by atoms with Gasteiger partial charge in [0.25, 0.3) is 0 Å². The molecule has 0 saturated heterocycles. The monoisotopic (exact) mass is 830 g/mol. The minimum atomic E-state index is -9.81. The molecule has 0 fully saturated rings. The second-order valence-electron chi connectivity index (χ2n) is 8.70. The lowest BCUT2D eigenvalue weighted by atomic mass is 9.83. The lowest BCUT2D eigenvalue weighted by molar-refractivity contribution is -0.484. The summed E-state index contributed by atoms with van der Waals surface area (Å²) in [6.45, 7) is -0.539. The minimum Gasteiger partial charge on any atom is -0.200 e. The SMILES string of the molecule is CC(C(F)(F)C(F)(F)C(F)(F)C(F)(F)C(F)(F)C(F)(F)C(F)(F)C(F)(F)C(F)(F)C(F)(F)C(F)(F)C(F)(F)C(F)(F)F)[Si](Cl)(Cl)Cl. The molecule has 1 unspecified atom stereocenters. The molecule has 0 bridgehead atoms. The second-order valence-corrected chi connectivity index (χ2v) is 17.8. The van der Waals surface area contributed by atoms with Crippen LogP contribution >= 0.6 is 33.2 Å². The molecule has 0 spiro atoms. The molecule has 0 aliphatic rings. The molecule has 0 nitrogen and oxygen atoms in total. The van der Waals surface area contributed by atoms with E-state index in [0.29, 0.717) is 0 Å². The zero-order valence-electron chi connectivity index (χ0n) is 19.9. The van der Waals surface area contributed by atoms with Crippen LogP contribution in [0, 0.1) is 0 Å². The van der Waals surface area contributed by atoms with Crippen molar-refractivity contribution in [2.75, 3.05) is 0 Å². The van der Waals surface area contributed by atoms with Gasteiger partial charge in [-0.2, -0.15) is 119 Å². The van der Waals surface area contributed by atoms with Crippen molar-refractivity contribution in [1.82, 2.24) is 0 Å². The Morgan fingerprint density at radius 2 is 0.457 bits per heavy atom. The van der Waals surface area contributed by atoms with Gasteiger partial charge >= 0.3 is 83.2 Å². The van der Waals surface area contributed by atoms with Crippen LogP contribution in [0.2, 0.25) is 5.54 Å². The smallest absolute Gasteiger partial charge is 0.200 e. The van der Waals surface area contributed by atoms with Gasteiger partial charge in [-0.3, -0.25) is 0 Å². The van der Waals surface area contributed by atoms with E-state index >= 15 is 0 Å². The predicted octanol–water partition coefficient (Wildman–Crippen LogP) is 11.2. The van der Waals surface area contributed by atoms with Crippen LogP contribution in [0.5, 0.6) is 0 Å². The van der Waals surface area contributed by atoms with Gasteiger partial charge in [-0.05, 0) is 0 Å². The fraction of sp³-hybridized carbons (Fsp3) is 1.00. The quantitative estimate of drug-likeness (QED) is 0.0985. The minimum absolute atomic E-state index is 0.539. The van der Waals surface area contributed by atoms with Crippen molar-refractivity contribution in [3.8, 4) is 0 Å². The number of hydrogen-bond acceptors (Lipinski definition) is 0. The van der Waals surface area contributed by atoms with Crippen molar-refractivity contribution < 1.29 is 119 Å². The van der Waals surface area contributed by atoms with Gasteiger partial charge in [0.15, 0.2) is 0 Å². The largest absolute Gasteiger partial charge is 0.460 e. The number of hydrogen-bond donors (Lipinski definition) is 0. The zero-order chi connectivity index (χ0) is 38.6. The second kappa shape index (κ2) is 11.1. The third-order valence-corrected chi connectivity index (χ3v) is 10.0. The molecule has 1 atom stereocenters. The van der Waals surface area contributed by atoms with E-state index in [0.717, 1.165) is 0 Å². The molecule has 0 radical (unpaired) electrons. The molecule has 0 saturated carbocycles. The molecule has 0 amide bonds. The standard InChI is InChI=1S/C15H4Cl3F27Si/c1-2(46(16,17)18)3(19,20)4(21,22)5(23,24)6(25,26)7(27,28)8(29,30)9(31,32)10(33,34)11(35,36)12(37,38)13(39,40)14(41,42)15(43,44)45/h2H,1H3. The molecule has 0 aliphatic heterocycles. The van der Waals surface area contributed by atoms with E-state index in [9.17, 15) is 119 Å². The molecule has 0 rings (SSSR count). The van der Waals surface area contributed by atoms with Crippen LogP contribution in [0.4, 0.5) is 119 Å². The number of halogens is 30. The molecule has 278 valence electrons. The van der Waals surface area contributed by atoms with Crippen LogP contribution in [-0.4, -0.2) is 83.2 Å². The summed E-state index contributed by atoms with van der Waals surface area (Å²) < 4.78 is 363. The maximum atomic E-state index is 13.9. The molecular weight excluding hydrogens is 828 g/mol. The first-order valence-electron chi connectivity index (χ1n) is 9.82. The Bertz CT molecular complexity index is 1120. The van der Waals surface area contributed by atoms with Gasteiger partial charge in [0.2, 0.25) is 0 Å². The Morgan fingerprint density at radius 3 is 0.609 bits per heavy atom. The van der Waals surface area contributed by atoms with Crippen molar-refractivity contribution in [2.24, 2.45) is 0 Å². The van der Waals surface area contributed by atoms with Crippen LogP contribution in [0.25, 0.3) is 0 Å². The van der Waals surface area contributed by atoms with Crippen LogP contribution in [-0.2, 0) is 0 Å². The number of rotatable bonds is 13. The lowest BCUT2D eigenvalue weighted by Crippen LogP contribution is -2.79. The molecule has 0 aromatic rings. The molecule has 0 N–H and O–H groups in total. The third kappa shape index (κ3) is 5.41. The van der Waals surface area contributed by atoms with E-state index in [2.05, 4.69) is 0 Å². The van der Waals surface area contributed by atoms with Gasteiger partial charge in [-0.1, -0.05) is 6.92 Å². The summed E-state index contributed by atoms with van der Waals surface area (Å²) >= 11 is 14.3. The average molecular weight is 832 g/mol. The van der Waals surface area contributed by atoms with Crippen molar-refractivity contribution in [3.05, 3.63) is 0 Å². The number of alkyl halides is 27. The van der Waals surface area contributed by atoms with E-state index in [1.54, 1.807) is 0 Å². The molecule has 31 heteroatoms. The fourth-order valence-corrected chi connectivity index (χ4v) is 4.46. The normalized spacial score (nSPS) is 17.8. The predicted molar refractivity (Wildman–Crippen MR) is 98.2 cm³/mol. The van der Waals surface area contributed by atoms with Crippen LogP contribution in [0.1, 0.15) is 6.92 Å². The van der Waals surface area contributed by atoms with Crippen molar-refractivity contribution in [1.29, 1.82) is 0 Å². The van der Waals surface area contributed by atoms with Crippen LogP contribution in [0.3, 0.4) is 0 Å². The Balaban J connectivity index is 7.53. The topological polar surface area (TPSA) is 0 Å². The molecule has 0 aromatic carbocycles. The highest BCUT2D eigenvalue weighted by Gasteiger charge is 3.00. The summed E-state index contributed by atoms with van der Waals surface area (Å²) in [4.78, 5) is 0.